The van der Waals surface area contributed by atoms with Crippen LogP contribution in [-0.2, 0) is 4.74 Å². The van der Waals surface area contributed by atoms with Crippen LogP contribution in [0.1, 0.15) is 13.8 Å². The van der Waals surface area contributed by atoms with E-state index in [1.165, 1.54) is 0 Å². The topological polar surface area (TPSA) is 32.7 Å². The minimum absolute atomic E-state index is 0.123. The van der Waals surface area contributed by atoms with Gasteiger partial charge in [0.25, 0.3) is 0 Å². The molecular formula is C8H19NO2. The van der Waals surface area contributed by atoms with Gasteiger partial charge in [-0.05, 0) is 13.1 Å². The van der Waals surface area contributed by atoms with Gasteiger partial charge in [0.1, 0.15) is 0 Å². The monoisotopic (exact) mass is 161 g/mol. The Morgan fingerprint density at radius 1 is 1.18 bits per heavy atom. The van der Waals surface area contributed by atoms with E-state index in [2.05, 4.69) is 18.7 Å². The Kier molecular flexibility index (Phi) is 7.89. The van der Waals surface area contributed by atoms with Gasteiger partial charge in [-0.3, -0.25) is 0 Å². The van der Waals surface area contributed by atoms with Gasteiger partial charge in [0.05, 0.1) is 19.8 Å². The van der Waals surface area contributed by atoms with Gasteiger partial charge in [0.2, 0.25) is 0 Å². The number of hydrogen-bond donors (Lipinski definition) is 1. The largest absolute Gasteiger partial charge is 0.394 e. The highest BCUT2D eigenvalue weighted by Crippen LogP contribution is 1.86. The van der Waals surface area contributed by atoms with Crippen molar-refractivity contribution in [3.05, 3.63) is 0 Å². The van der Waals surface area contributed by atoms with Gasteiger partial charge in [-0.1, -0.05) is 13.8 Å². The van der Waals surface area contributed by atoms with Crippen molar-refractivity contribution >= 4 is 0 Å². The fourth-order valence-corrected chi connectivity index (χ4v) is 0.900. The predicted octanol–water partition coefficient (Wildman–Crippen LogP) is 0.337. The van der Waals surface area contributed by atoms with Crippen LogP contribution in [0.5, 0.6) is 0 Å². The standard InChI is InChI=1S/C8H19NO2/c1-3-9(4-2)5-7-11-8-6-10/h10H,3-8H2,1-2H3. The molecule has 0 aromatic heterocycles. The molecule has 0 aromatic rings. The molecule has 0 aliphatic rings. The normalized spacial score (nSPS) is 10.9. The fraction of sp³-hybridized carbons (Fsp3) is 1.00. The third kappa shape index (κ3) is 6.28. The Hall–Kier alpha value is -0.120. The third-order valence-corrected chi connectivity index (χ3v) is 1.68. The Bertz CT molecular complexity index is 74.5. The second-order valence-corrected chi connectivity index (χ2v) is 2.36. The van der Waals surface area contributed by atoms with Crippen LogP contribution < -0.4 is 0 Å². The maximum atomic E-state index is 8.41. The van der Waals surface area contributed by atoms with E-state index in [9.17, 15) is 0 Å². The molecule has 3 heteroatoms. The predicted molar refractivity (Wildman–Crippen MR) is 45.7 cm³/mol. The van der Waals surface area contributed by atoms with Crippen LogP contribution in [0.15, 0.2) is 0 Å². The van der Waals surface area contributed by atoms with Crippen LogP contribution in [0.2, 0.25) is 0 Å². The lowest BCUT2D eigenvalue weighted by Crippen LogP contribution is -2.27. The third-order valence-electron chi connectivity index (χ3n) is 1.68. The van der Waals surface area contributed by atoms with Gasteiger partial charge >= 0.3 is 0 Å². The molecule has 1 N–H and O–H groups in total. The van der Waals surface area contributed by atoms with Crippen molar-refractivity contribution in [3.63, 3.8) is 0 Å². The molecule has 0 aromatic carbocycles. The second-order valence-electron chi connectivity index (χ2n) is 2.36. The number of ether oxygens (including phenoxy) is 1. The molecule has 0 spiro atoms. The lowest BCUT2D eigenvalue weighted by Gasteiger charge is -2.17. The van der Waals surface area contributed by atoms with E-state index in [-0.39, 0.29) is 6.61 Å². The highest BCUT2D eigenvalue weighted by Gasteiger charge is 1.96. The SMILES string of the molecule is CCN(CC)CCOCCO. The first-order valence-corrected chi connectivity index (χ1v) is 4.26. The molecule has 3 nitrogen and oxygen atoms in total. The van der Waals surface area contributed by atoms with Gasteiger partial charge in [-0.15, -0.1) is 0 Å². The molecule has 11 heavy (non-hydrogen) atoms. The Labute approximate surface area is 69.0 Å². The lowest BCUT2D eigenvalue weighted by atomic mass is 10.5. The first-order chi connectivity index (χ1) is 5.35. The molecule has 0 bridgehead atoms. The molecule has 0 rings (SSSR count). The van der Waals surface area contributed by atoms with Crippen molar-refractivity contribution in [1.82, 2.24) is 4.90 Å². The van der Waals surface area contributed by atoms with Gasteiger partial charge < -0.3 is 14.7 Å². The Morgan fingerprint density at radius 3 is 2.27 bits per heavy atom. The van der Waals surface area contributed by atoms with Crippen molar-refractivity contribution in [2.24, 2.45) is 0 Å². The van der Waals surface area contributed by atoms with Crippen molar-refractivity contribution < 1.29 is 9.84 Å². The molecule has 0 aliphatic heterocycles. The second kappa shape index (κ2) is 7.98. The molecule has 0 unspecified atom stereocenters. The quantitative estimate of drug-likeness (QED) is 0.546. The zero-order valence-corrected chi connectivity index (χ0v) is 7.55. The molecule has 0 radical (unpaired) electrons. The summed E-state index contributed by atoms with van der Waals surface area (Å²) in [6.07, 6.45) is 0. The summed E-state index contributed by atoms with van der Waals surface area (Å²) in [6.45, 7) is 8.68. The van der Waals surface area contributed by atoms with E-state index >= 15 is 0 Å². The average Bonchev–Trinajstić information content (AvgIpc) is 2.05. The van der Waals surface area contributed by atoms with Crippen molar-refractivity contribution in [2.45, 2.75) is 13.8 Å². The van der Waals surface area contributed by atoms with Crippen molar-refractivity contribution in [3.8, 4) is 0 Å². The number of likely N-dealkylation sites (N-methyl/N-ethyl adjacent to an activating group) is 1. The highest BCUT2D eigenvalue weighted by molar-refractivity contribution is 4.49. The summed E-state index contributed by atoms with van der Waals surface area (Å²) in [5, 5.41) is 8.41. The summed E-state index contributed by atoms with van der Waals surface area (Å²) in [4.78, 5) is 2.29. The maximum Gasteiger partial charge on any atom is 0.0698 e. The summed E-state index contributed by atoms with van der Waals surface area (Å²) in [7, 11) is 0. The average molecular weight is 161 g/mol. The summed E-state index contributed by atoms with van der Waals surface area (Å²) >= 11 is 0. The van der Waals surface area contributed by atoms with E-state index in [0.29, 0.717) is 6.61 Å². The van der Waals surface area contributed by atoms with Gasteiger partial charge in [-0.2, -0.15) is 0 Å². The zero-order chi connectivity index (χ0) is 8.53. The van der Waals surface area contributed by atoms with Crippen LogP contribution in [0.3, 0.4) is 0 Å². The number of nitrogens with zero attached hydrogens (tertiary/aromatic N) is 1. The molecule has 0 fully saturated rings. The van der Waals surface area contributed by atoms with E-state index in [1.807, 2.05) is 0 Å². The summed E-state index contributed by atoms with van der Waals surface area (Å²) < 4.78 is 5.13. The van der Waals surface area contributed by atoms with Crippen molar-refractivity contribution in [2.75, 3.05) is 39.5 Å². The molecule has 0 aliphatic carbocycles. The number of rotatable bonds is 7. The van der Waals surface area contributed by atoms with Gasteiger partial charge in [-0.25, -0.2) is 0 Å². The minimum Gasteiger partial charge on any atom is -0.394 e. The maximum absolute atomic E-state index is 8.41. The first kappa shape index (κ1) is 10.9. The van der Waals surface area contributed by atoms with Crippen molar-refractivity contribution in [1.29, 1.82) is 0 Å². The highest BCUT2D eigenvalue weighted by atomic mass is 16.5. The molecule has 0 atom stereocenters. The van der Waals surface area contributed by atoms with Crippen LogP contribution in [0.4, 0.5) is 0 Å². The zero-order valence-electron chi connectivity index (χ0n) is 7.55. The molecule has 0 heterocycles. The van der Waals surface area contributed by atoms with Gasteiger partial charge in [0.15, 0.2) is 0 Å². The van der Waals surface area contributed by atoms with Crippen LogP contribution in [0, 0.1) is 0 Å². The van der Waals surface area contributed by atoms with Crippen LogP contribution >= 0.6 is 0 Å². The summed E-state index contributed by atoms with van der Waals surface area (Å²) in [5.41, 5.74) is 0. The first-order valence-electron chi connectivity index (χ1n) is 4.26. The molecule has 0 saturated heterocycles. The molecular weight excluding hydrogens is 142 g/mol. The summed E-state index contributed by atoms with van der Waals surface area (Å²) in [5.74, 6) is 0. The van der Waals surface area contributed by atoms with E-state index < -0.39 is 0 Å². The minimum atomic E-state index is 0.123. The lowest BCUT2D eigenvalue weighted by molar-refractivity contribution is 0.0757. The number of aliphatic hydroxyl groups excluding tert-OH is 1. The van der Waals surface area contributed by atoms with Crippen LogP contribution in [0.25, 0.3) is 0 Å². The Morgan fingerprint density at radius 2 is 1.82 bits per heavy atom. The Balaban J connectivity index is 3.07. The van der Waals surface area contributed by atoms with E-state index in [1.54, 1.807) is 0 Å². The van der Waals surface area contributed by atoms with E-state index in [0.717, 1.165) is 26.2 Å². The smallest absolute Gasteiger partial charge is 0.0698 e. The molecule has 0 amide bonds. The molecule has 68 valence electrons. The number of aliphatic hydroxyl groups is 1. The number of hydrogen-bond acceptors (Lipinski definition) is 3. The van der Waals surface area contributed by atoms with Gasteiger partial charge in [0, 0.05) is 6.54 Å². The summed E-state index contributed by atoms with van der Waals surface area (Å²) in [6, 6.07) is 0. The fourth-order valence-electron chi connectivity index (χ4n) is 0.900. The van der Waals surface area contributed by atoms with E-state index in [4.69, 9.17) is 9.84 Å². The van der Waals surface area contributed by atoms with Crippen LogP contribution in [-0.4, -0.2) is 49.5 Å². The molecule has 0 saturated carbocycles.